The summed E-state index contributed by atoms with van der Waals surface area (Å²) >= 11 is 0. The molecule has 0 N–H and O–H groups in total. The lowest BCUT2D eigenvalue weighted by molar-refractivity contribution is 1.62. The van der Waals surface area contributed by atoms with Crippen molar-refractivity contribution < 1.29 is 0 Å². The van der Waals surface area contributed by atoms with Gasteiger partial charge >= 0.3 is 0 Å². The van der Waals surface area contributed by atoms with Gasteiger partial charge in [0.2, 0.25) is 0 Å². The van der Waals surface area contributed by atoms with E-state index >= 15 is 0 Å². The Hall–Kier alpha value is -2.60. The zero-order valence-corrected chi connectivity index (χ0v) is 12.0. The van der Waals surface area contributed by atoms with Crippen LogP contribution in [-0.4, -0.2) is 0 Å². The van der Waals surface area contributed by atoms with Crippen LogP contribution in [0.1, 0.15) is 16.7 Å². The van der Waals surface area contributed by atoms with Crippen molar-refractivity contribution in [1.82, 2.24) is 0 Å². The van der Waals surface area contributed by atoms with Crippen molar-refractivity contribution in [2.24, 2.45) is 0 Å². The first kappa shape index (κ1) is 17.4. The van der Waals surface area contributed by atoms with Crippen molar-refractivity contribution in [3.05, 3.63) is 104 Å². The molecule has 20 heavy (non-hydrogen) atoms. The second-order valence-corrected chi connectivity index (χ2v) is 3.65. The summed E-state index contributed by atoms with van der Waals surface area (Å²) in [5, 5.41) is 0. The maximum atomic E-state index is 3.69. The lowest BCUT2D eigenvalue weighted by Gasteiger charge is -1.96. The van der Waals surface area contributed by atoms with E-state index in [1.54, 1.807) is 0 Å². The molecule has 2 aromatic carbocycles. The lowest BCUT2D eigenvalue weighted by Crippen LogP contribution is -1.76. The van der Waals surface area contributed by atoms with Crippen LogP contribution in [0.3, 0.4) is 0 Å². The molecule has 0 amide bonds. The molecule has 0 unspecified atom stereocenters. The summed E-state index contributed by atoms with van der Waals surface area (Å²) in [4.78, 5) is 0. The van der Waals surface area contributed by atoms with E-state index in [9.17, 15) is 0 Å². The van der Waals surface area contributed by atoms with Crippen molar-refractivity contribution in [1.29, 1.82) is 0 Å². The second-order valence-electron chi connectivity index (χ2n) is 3.65. The molecule has 0 heterocycles. The molecular formula is C20H22. The average molecular weight is 262 g/mol. The standard InChI is InChI=1S/C10H10.C8H8.C2H4/c1-3-9-7-5-6-8-10(9)4-2;1-2-8-6-4-3-5-7-8;1-2/h3-8H,1-2H2;2-7H,1H2;1-2H2. The van der Waals surface area contributed by atoms with Gasteiger partial charge in [-0.25, -0.2) is 0 Å². The minimum Gasteiger partial charge on any atom is -0.106 e. The molecule has 0 aromatic heterocycles. The molecule has 2 rings (SSSR count). The molecule has 0 heteroatoms. The summed E-state index contributed by atoms with van der Waals surface area (Å²) in [6.07, 6.45) is 5.49. The van der Waals surface area contributed by atoms with Crippen LogP contribution >= 0.6 is 0 Å². The van der Waals surface area contributed by atoms with Gasteiger partial charge in [0.25, 0.3) is 0 Å². The molecule has 0 radical (unpaired) electrons. The number of hydrogen-bond donors (Lipinski definition) is 0. The van der Waals surface area contributed by atoms with E-state index in [2.05, 4.69) is 32.9 Å². The largest absolute Gasteiger partial charge is 0.106 e. The Kier molecular flexibility index (Phi) is 9.99. The van der Waals surface area contributed by atoms with Crippen LogP contribution in [0.25, 0.3) is 18.2 Å². The van der Waals surface area contributed by atoms with Crippen LogP contribution in [0.4, 0.5) is 0 Å². The summed E-state index contributed by atoms with van der Waals surface area (Å²) in [6.45, 7) is 17.0. The van der Waals surface area contributed by atoms with Crippen molar-refractivity contribution in [2.45, 2.75) is 0 Å². The molecule has 0 fully saturated rings. The summed E-state index contributed by atoms with van der Waals surface area (Å²) in [5.41, 5.74) is 3.45. The first-order valence-corrected chi connectivity index (χ1v) is 6.33. The summed E-state index contributed by atoms with van der Waals surface area (Å²) in [7, 11) is 0. The van der Waals surface area contributed by atoms with Crippen molar-refractivity contribution >= 4 is 18.2 Å². The predicted molar refractivity (Wildman–Crippen MR) is 94.4 cm³/mol. The Morgan fingerprint density at radius 3 is 1.25 bits per heavy atom. The SMILES string of the molecule is C=C.C=Cc1ccccc1.C=Cc1ccccc1C=C. The molecule has 0 nitrogen and oxygen atoms in total. The highest BCUT2D eigenvalue weighted by Gasteiger charge is 1.89. The Balaban J connectivity index is 0.000000327. The summed E-state index contributed by atoms with van der Waals surface area (Å²) in [6, 6.07) is 18.0. The highest BCUT2D eigenvalue weighted by atomic mass is 13.9. The molecule has 2 aromatic rings. The Labute approximate surface area is 123 Å². The van der Waals surface area contributed by atoms with E-state index in [4.69, 9.17) is 0 Å². The molecule has 0 saturated heterocycles. The van der Waals surface area contributed by atoms with Crippen LogP contribution in [0.2, 0.25) is 0 Å². The highest BCUT2D eigenvalue weighted by Crippen LogP contribution is 2.10. The average Bonchev–Trinajstić information content (AvgIpc) is 2.57. The summed E-state index contributed by atoms with van der Waals surface area (Å²) in [5.74, 6) is 0. The Bertz CT molecular complexity index is 494. The van der Waals surface area contributed by atoms with Gasteiger partial charge in [0.05, 0.1) is 0 Å². The highest BCUT2D eigenvalue weighted by molar-refractivity contribution is 5.63. The van der Waals surface area contributed by atoms with Gasteiger partial charge in [-0.05, 0) is 16.7 Å². The number of benzene rings is 2. The molecule has 0 saturated carbocycles. The van der Waals surface area contributed by atoms with Gasteiger partial charge in [-0.2, -0.15) is 0 Å². The quantitative estimate of drug-likeness (QED) is 0.586. The molecule has 0 aliphatic rings. The smallest absolute Gasteiger partial charge is 0.0190 e. The van der Waals surface area contributed by atoms with Gasteiger partial charge in [0.1, 0.15) is 0 Å². The second kappa shape index (κ2) is 11.5. The Morgan fingerprint density at radius 2 is 0.950 bits per heavy atom. The van der Waals surface area contributed by atoms with E-state index < -0.39 is 0 Å². The third-order valence-corrected chi connectivity index (χ3v) is 2.47. The fraction of sp³-hybridized carbons (Fsp3) is 0. The molecular weight excluding hydrogens is 240 g/mol. The van der Waals surface area contributed by atoms with Crippen molar-refractivity contribution in [2.75, 3.05) is 0 Å². The molecule has 0 bridgehead atoms. The minimum absolute atomic E-state index is 1.14. The molecule has 0 aliphatic heterocycles. The maximum Gasteiger partial charge on any atom is -0.0190 e. The van der Waals surface area contributed by atoms with Gasteiger partial charge in [-0.3, -0.25) is 0 Å². The van der Waals surface area contributed by atoms with Gasteiger partial charge in [0, 0.05) is 0 Å². The van der Waals surface area contributed by atoms with Crippen molar-refractivity contribution in [3.8, 4) is 0 Å². The van der Waals surface area contributed by atoms with E-state index in [1.807, 2.05) is 72.8 Å². The molecule has 0 aliphatic carbocycles. The number of rotatable bonds is 3. The zero-order chi connectivity index (χ0) is 15.2. The van der Waals surface area contributed by atoms with Crippen LogP contribution in [-0.2, 0) is 0 Å². The maximum absolute atomic E-state index is 3.69. The van der Waals surface area contributed by atoms with Crippen molar-refractivity contribution in [3.63, 3.8) is 0 Å². The van der Waals surface area contributed by atoms with Gasteiger partial charge in [-0.15, -0.1) is 13.2 Å². The minimum atomic E-state index is 1.14. The van der Waals surface area contributed by atoms with E-state index in [0.717, 1.165) is 11.1 Å². The van der Waals surface area contributed by atoms with E-state index in [0.29, 0.717) is 0 Å². The van der Waals surface area contributed by atoms with Gasteiger partial charge < -0.3 is 0 Å². The predicted octanol–water partition coefficient (Wildman–Crippen LogP) is 6.10. The molecule has 102 valence electrons. The first-order valence-electron chi connectivity index (χ1n) is 6.33. The third kappa shape index (κ3) is 6.36. The van der Waals surface area contributed by atoms with Crippen LogP contribution in [0.15, 0.2) is 87.5 Å². The van der Waals surface area contributed by atoms with Crippen LogP contribution in [0, 0.1) is 0 Å². The van der Waals surface area contributed by atoms with E-state index in [-0.39, 0.29) is 0 Å². The Morgan fingerprint density at radius 1 is 0.550 bits per heavy atom. The van der Waals surface area contributed by atoms with Crippen LogP contribution in [0.5, 0.6) is 0 Å². The normalized spacial score (nSPS) is 8.00. The first-order chi connectivity index (χ1) is 9.81. The number of hydrogen-bond acceptors (Lipinski definition) is 0. The fourth-order valence-electron chi connectivity index (χ4n) is 1.47. The van der Waals surface area contributed by atoms with Gasteiger partial charge in [-0.1, -0.05) is 92.6 Å². The topological polar surface area (TPSA) is 0 Å². The van der Waals surface area contributed by atoms with E-state index in [1.165, 1.54) is 5.56 Å². The summed E-state index contributed by atoms with van der Waals surface area (Å²) < 4.78 is 0. The molecule has 0 atom stereocenters. The van der Waals surface area contributed by atoms with Gasteiger partial charge in [0.15, 0.2) is 0 Å². The van der Waals surface area contributed by atoms with Crippen LogP contribution < -0.4 is 0 Å². The zero-order valence-electron chi connectivity index (χ0n) is 12.0. The third-order valence-electron chi connectivity index (χ3n) is 2.47. The monoisotopic (exact) mass is 262 g/mol. The lowest BCUT2D eigenvalue weighted by atomic mass is 10.1. The fourth-order valence-corrected chi connectivity index (χ4v) is 1.47. The molecule has 0 spiro atoms.